The number of nitrogens with one attached hydrogen (secondary N) is 2. The Morgan fingerprint density at radius 1 is 1.20 bits per heavy atom. The molecule has 1 spiro atoms. The summed E-state index contributed by atoms with van der Waals surface area (Å²) in [4.78, 5) is 38.3. The molecule has 130 valence electrons. The molecule has 2 fully saturated rings. The summed E-state index contributed by atoms with van der Waals surface area (Å²) < 4.78 is 0. The van der Waals surface area contributed by atoms with Crippen LogP contribution in [0.15, 0.2) is 24.3 Å². The number of carbonyl (C=O) groups excluding carboxylic acids is 3. The summed E-state index contributed by atoms with van der Waals surface area (Å²) >= 11 is 0. The zero-order valence-corrected chi connectivity index (χ0v) is 13.9. The third-order valence-electron chi connectivity index (χ3n) is 4.83. The molecule has 1 aromatic carbocycles. The van der Waals surface area contributed by atoms with Gasteiger partial charge in [0.25, 0.3) is 5.91 Å². The Morgan fingerprint density at radius 3 is 2.56 bits per heavy atom. The van der Waals surface area contributed by atoms with Crippen LogP contribution in [0.5, 0.6) is 0 Å². The molecule has 7 heteroatoms. The second-order valence-corrected chi connectivity index (χ2v) is 6.52. The molecule has 1 saturated heterocycles. The van der Waals surface area contributed by atoms with Crippen molar-refractivity contribution in [2.75, 3.05) is 11.9 Å². The molecule has 1 aliphatic carbocycles. The van der Waals surface area contributed by atoms with Crippen molar-refractivity contribution in [1.82, 2.24) is 10.2 Å². The van der Waals surface area contributed by atoms with Crippen molar-refractivity contribution < 1.29 is 14.4 Å². The van der Waals surface area contributed by atoms with E-state index in [1.807, 2.05) is 6.07 Å². The molecular formula is C18H20N4O3. The summed E-state index contributed by atoms with van der Waals surface area (Å²) in [5.74, 6) is -0.819. The Hall–Kier alpha value is -2.88. The lowest BCUT2D eigenvalue weighted by atomic mass is 9.90. The molecule has 0 bridgehead atoms. The minimum absolute atomic E-state index is 0.317. The number of nitriles is 1. The van der Waals surface area contributed by atoms with Crippen LogP contribution in [0.1, 0.15) is 44.1 Å². The standard InChI is InChI=1S/C18H20N4O3/c19-11-13-7-3-4-8-14(13)20-15(23)12-22-16(24)18(21-17(22)25)9-5-1-2-6-10-18/h3-4,7-8H,1-2,5-6,9-10,12H2,(H,20,23)(H,21,25). The maximum absolute atomic E-state index is 12.8. The molecule has 2 aliphatic rings. The van der Waals surface area contributed by atoms with Gasteiger partial charge in [-0.25, -0.2) is 4.79 Å². The highest BCUT2D eigenvalue weighted by atomic mass is 16.2. The Kier molecular flexibility index (Phi) is 4.70. The molecule has 4 amide bonds. The molecule has 3 rings (SSSR count). The average molecular weight is 340 g/mol. The maximum atomic E-state index is 12.8. The van der Waals surface area contributed by atoms with Crippen LogP contribution in [-0.4, -0.2) is 34.8 Å². The second-order valence-electron chi connectivity index (χ2n) is 6.52. The predicted molar refractivity (Wildman–Crippen MR) is 90.5 cm³/mol. The third kappa shape index (κ3) is 3.33. The van der Waals surface area contributed by atoms with Gasteiger partial charge in [0.05, 0.1) is 11.3 Å². The van der Waals surface area contributed by atoms with Crippen LogP contribution in [0.2, 0.25) is 0 Å². The first-order valence-electron chi connectivity index (χ1n) is 8.49. The van der Waals surface area contributed by atoms with Crippen molar-refractivity contribution in [3.63, 3.8) is 0 Å². The zero-order valence-electron chi connectivity index (χ0n) is 13.9. The van der Waals surface area contributed by atoms with E-state index in [4.69, 9.17) is 5.26 Å². The van der Waals surface area contributed by atoms with Gasteiger partial charge in [0.1, 0.15) is 18.2 Å². The van der Waals surface area contributed by atoms with Crippen LogP contribution in [0.25, 0.3) is 0 Å². The first-order valence-corrected chi connectivity index (χ1v) is 8.49. The SMILES string of the molecule is N#Cc1ccccc1NC(=O)CN1C(=O)NC2(CCCCCC2)C1=O. The van der Waals surface area contributed by atoms with Crippen LogP contribution in [0, 0.1) is 11.3 Å². The number of benzene rings is 1. The third-order valence-corrected chi connectivity index (χ3v) is 4.83. The number of carbonyl (C=O) groups is 3. The Balaban J connectivity index is 1.70. The number of para-hydroxylation sites is 1. The van der Waals surface area contributed by atoms with Gasteiger partial charge in [-0.05, 0) is 25.0 Å². The van der Waals surface area contributed by atoms with E-state index in [0.29, 0.717) is 24.1 Å². The number of imide groups is 1. The van der Waals surface area contributed by atoms with Gasteiger partial charge in [-0.3, -0.25) is 14.5 Å². The number of hydrogen-bond donors (Lipinski definition) is 2. The molecule has 0 unspecified atom stereocenters. The molecule has 7 nitrogen and oxygen atoms in total. The molecular weight excluding hydrogens is 320 g/mol. The minimum atomic E-state index is -0.849. The van der Waals surface area contributed by atoms with E-state index in [-0.39, 0.29) is 12.5 Å². The summed E-state index contributed by atoms with van der Waals surface area (Å²) in [6.07, 6.45) is 5.12. The summed E-state index contributed by atoms with van der Waals surface area (Å²) in [7, 11) is 0. The summed E-state index contributed by atoms with van der Waals surface area (Å²) in [6, 6.07) is 8.06. The van der Waals surface area contributed by atoms with Crippen molar-refractivity contribution in [3.05, 3.63) is 29.8 Å². The lowest BCUT2D eigenvalue weighted by molar-refractivity contribution is -0.134. The van der Waals surface area contributed by atoms with Crippen LogP contribution >= 0.6 is 0 Å². The Bertz CT molecular complexity index is 745. The highest BCUT2D eigenvalue weighted by molar-refractivity contribution is 6.10. The van der Waals surface area contributed by atoms with Gasteiger partial charge < -0.3 is 10.6 Å². The van der Waals surface area contributed by atoms with E-state index in [9.17, 15) is 14.4 Å². The topological polar surface area (TPSA) is 102 Å². The molecule has 1 aliphatic heterocycles. The monoisotopic (exact) mass is 340 g/mol. The Labute approximate surface area is 146 Å². The Morgan fingerprint density at radius 2 is 1.88 bits per heavy atom. The fraction of sp³-hybridized carbons (Fsp3) is 0.444. The first kappa shape index (κ1) is 17.0. The van der Waals surface area contributed by atoms with Gasteiger partial charge in [-0.2, -0.15) is 5.26 Å². The minimum Gasteiger partial charge on any atom is -0.323 e. The molecule has 0 atom stereocenters. The van der Waals surface area contributed by atoms with E-state index in [1.165, 1.54) is 0 Å². The number of urea groups is 1. The number of nitrogens with zero attached hydrogens (tertiary/aromatic N) is 2. The van der Waals surface area contributed by atoms with E-state index in [1.54, 1.807) is 24.3 Å². The van der Waals surface area contributed by atoms with Gasteiger partial charge in [-0.15, -0.1) is 0 Å². The normalized spacial score (nSPS) is 19.2. The zero-order chi connectivity index (χ0) is 17.9. The van der Waals surface area contributed by atoms with E-state index in [2.05, 4.69) is 10.6 Å². The van der Waals surface area contributed by atoms with E-state index in [0.717, 1.165) is 30.6 Å². The van der Waals surface area contributed by atoms with E-state index >= 15 is 0 Å². The van der Waals surface area contributed by atoms with Crippen LogP contribution in [0.3, 0.4) is 0 Å². The number of anilines is 1. The van der Waals surface area contributed by atoms with Crippen molar-refractivity contribution in [1.29, 1.82) is 5.26 Å². The van der Waals surface area contributed by atoms with Crippen LogP contribution < -0.4 is 10.6 Å². The predicted octanol–water partition coefficient (Wildman–Crippen LogP) is 2.14. The van der Waals surface area contributed by atoms with Gasteiger partial charge in [0.15, 0.2) is 0 Å². The van der Waals surface area contributed by atoms with Crippen molar-refractivity contribution in [2.45, 2.75) is 44.1 Å². The molecule has 0 aromatic heterocycles. The first-order chi connectivity index (χ1) is 12.1. The molecule has 1 heterocycles. The number of amides is 4. The fourth-order valence-corrected chi connectivity index (χ4v) is 3.51. The van der Waals surface area contributed by atoms with Crippen molar-refractivity contribution in [2.24, 2.45) is 0 Å². The van der Waals surface area contributed by atoms with Gasteiger partial charge in [-0.1, -0.05) is 37.8 Å². The fourth-order valence-electron chi connectivity index (χ4n) is 3.51. The van der Waals surface area contributed by atoms with Crippen LogP contribution in [-0.2, 0) is 9.59 Å². The largest absolute Gasteiger partial charge is 0.325 e. The molecule has 0 radical (unpaired) electrons. The van der Waals surface area contributed by atoms with Gasteiger partial charge in [0, 0.05) is 0 Å². The molecule has 1 saturated carbocycles. The van der Waals surface area contributed by atoms with Gasteiger partial charge >= 0.3 is 6.03 Å². The van der Waals surface area contributed by atoms with E-state index < -0.39 is 17.5 Å². The highest BCUT2D eigenvalue weighted by Crippen LogP contribution is 2.32. The highest BCUT2D eigenvalue weighted by Gasteiger charge is 2.51. The number of hydrogen-bond acceptors (Lipinski definition) is 4. The maximum Gasteiger partial charge on any atom is 0.325 e. The van der Waals surface area contributed by atoms with Crippen LogP contribution in [0.4, 0.5) is 10.5 Å². The van der Waals surface area contributed by atoms with Crippen molar-refractivity contribution >= 4 is 23.5 Å². The quantitative estimate of drug-likeness (QED) is 0.823. The molecule has 2 N–H and O–H groups in total. The van der Waals surface area contributed by atoms with Crippen molar-refractivity contribution in [3.8, 4) is 6.07 Å². The lowest BCUT2D eigenvalue weighted by Crippen LogP contribution is -2.47. The lowest BCUT2D eigenvalue weighted by Gasteiger charge is -2.24. The summed E-state index contributed by atoms with van der Waals surface area (Å²) in [5.41, 5.74) is -0.155. The average Bonchev–Trinajstić information content (AvgIpc) is 2.77. The van der Waals surface area contributed by atoms with Gasteiger partial charge in [0.2, 0.25) is 5.91 Å². The second kappa shape index (κ2) is 6.93. The number of rotatable bonds is 3. The molecule has 25 heavy (non-hydrogen) atoms. The summed E-state index contributed by atoms with van der Waals surface area (Å²) in [5, 5.41) is 14.5. The summed E-state index contributed by atoms with van der Waals surface area (Å²) in [6.45, 7) is -0.355. The molecule has 1 aromatic rings. The smallest absolute Gasteiger partial charge is 0.323 e.